The van der Waals surface area contributed by atoms with Gasteiger partial charge in [-0.05, 0) is 24.6 Å². The molecule has 0 atom stereocenters. The molecule has 0 saturated heterocycles. The Bertz CT molecular complexity index is 325. The first-order valence-corrected chi connectivity index (χ1v) is 4.10. The molecule has 0 unspecified atom stereocenters. The van der Waals surface area contributed by atoms with Crippen LogP contribution in [0.15, 0.2) is 36.9 Å². The quantitative estimate of drug-likeness (QED) is 0.517. The molecule has 0 aliphatic carbocycles. The lowest BCUT2D eigenvalue weighted by molar-refractivity contribution is 0.325. The highest BCUT2D eigenvalue weighted by Gasteiger charge is 1.94. The molecule has 0 heterocycles. The van der Waals surface area contributed by atoms with Gasteiger partial charge in [0.1, 0.15) is 5.75 Å². The summed E-state index contributed by atoms with van der Waals surface area (Å²) in [6, 6.07) is 9.18. The van der Waals surface area contributed by atoms with Crippen LogP contribution in [-0.2, 0) is 0 Å². The summed E-state index contributed by atoms with van der Waals surface area (Å²) in [7, 11) is 0. The molecule has 0 aliphatic rings. The highest BCUT2D eigenvalue weighted by atomic mass is 16.5. The van der Waals surface area contributed by atoms with Crippen LogP contribution < -0.4 is 4.74 Å². The van der Waals surface area contributed by atoms with Gasteiger partial charge in [-0.2, -0.15) is 5.26 Å². The van der Waals surface area contributed by atoms with Crippen LogP contribution in [0.5, 0.6) is 5.75 Å². The van der Waals surface area contributed by atoms with Gasteiger partial charge in [-0.1, -0.05) is 12.1 Å². The second-order valence-electron chi connectivity index (χ2n) is 2.57. The van der Waals surface area contributed by atoms with Crippen molar-refractivity contribution < 1.29 is 4.74 Å². The Hall–Kier alpha value is -1.75. The van der Waals surface area contributed by atoms with Gasteiger partial charge in [0.25, 0.3) is 0 Å². The minimum absolute atomic E-state index is 0.610. The Morgan fingerprint density at radius 1 is 1.54 bits per heavy atom. The minimum Gasteiger partial charge on any atom is -0.493 e. The first-order valence-electron chi connectivity index (χ1n) is 4.10. The first-order chi connectivity index (χ1) is 6.36. The van der Waals surface area contributed by atoms with Gasteiger partial charge in [0, 0.05) is 0 Å². The normalized spacial score (nSPS) is 8.85. The number of rotatable bonds is 4. The SMILES string of the molecule is C=CCCOc1cccc(C#N)c1. The van der Waals surface area contributed by atoms with E-state index in [9.17, 15) is 0 Å². The fourth-order valence-corrected chi connectivity index (χ4v) is 0.916. The molecule has 0 N–H and O–H groups in total. The summed E-state index contributed by atoms with van der Waals surface area (Å²) in [5, 5.41) is 8.61. The predicted molar refractivity (Wildman–Crippen MR) is 51.5 cm³/mol. The summed E-state index contributed by atoms with van der Waals surface area (Å²) < 4.78 is 5.37. The molecule has 0 amide bonds. The lowest BCUT2D eigenvalue weighted by atomic mass is 10.2. The van der Waals surface area contributed by atoms with Gasteiger partial charge in [0.05, 0.1) is 18.2 Å². The highest BCUT2D eigenvalue weighted by molar-refractivity contribution is 5.36. The number of hydrogen-bond donors (Lipinski definition) is 0. The predicted octanol–water partition coefficient (Wildman–Crippen LogP) is 2.51. The second kappa shape index (κ2) is 5.00. The third kappa shape index (κ3) is 3.00. The van der Waals surface area contributed by atoms with Crippen molar-refractivity contribution in [2.45, 2.75) is 6.42 Å². The van der Waals surface area contributed by atoms with Crippen molar-refractivity contribution in [2.75, 3.05) is 6.61 Å². The van der Waals surface area contributed by atoms with Crippen LogP contribution in [0.25, 0.3) is 0 Å². The number of benzene rings is 1. The van der Waals surface area contributed by atoms with Crippen molar-refractivity contribution in [2.24, 2.45) is 0 Å². The van der Waals surface area contributed by atoms with Crippen LogP contribution in [0.1, 0.15) is 12.0 Å². The fraction of sp³-hybridized carbons (Fsp3) is 0.182. The third-order valence-corrected chi connectivity index (χ3v) is 1.55. The summed E-state index contributed by atoms with van der Waals surface area (Å²) in [4.78, 5) is 0. The van der Waals surface area contributed by atoms with Gasteiger partial charge in [-0.3, -0.25) is 0 Å². The lowest BCUT2D eigenvalue weighted by Gasteiger charge is -2.03. The molecule has 66 valence electrons. The lowest BCUT2D eigenvalue weighted by Crippen LogP contribution is -1.95. The molecule has 0 aromatic heterocycles. The van der Waals surface area contributed by atoms with Crippen LogP contribution in [0, 0.1) is 11.3 Å². The summed E-state index contributed by atoms with van der Waals surface area (Å²) in [6.45, 7) is 4.20. The van der Waals surface area contributed by atoms with E-state index in [1.54, 1.807) is 18.2 Å². The number of hydrogen-bond acceptors (Lipinski definition) is 2. The van der Waals surface area contributed by atoms with E-state index in [0.29, 0.717) is 12.2 Å². The minimum atomic E-state index is 0.610. The summed E-state index contributed by atoms with van der Waals surface area (Å²) in [5.41, 5.74) is 0.621. The largest absolute Gasteiger partial charge is 0.493 e. The van der Waals surface area contributed by atoms with Crippen molar-refractivity contribution in [1.82, 2.24) is 0 Å². The zero-order valence-corrected chi connectivity index (χ0v) is 7.36. The standard InChI is InChI=1S/C11H11NO/c1-2-3-7-13-11-6-4-5-10(8-11)9-12/h2,4-6,8H,1,3,7H2. The van der Waals surface area contributed by atoms with Crippen molar-refractivity contribution >= 4 is 0 Å². The molecule has 13 heavy (non-hydrogen) atoms. The molecular weight excluding hydrogens is 162 g/mol. The molecule has 0 fully saturated rings. The van der Waals surface area contributed by atoms with Crippen molar-refractivity contribution in [3.63, 3.8) is 0 Å². The fourth-order valence-electron chi connectivity index (χ4n) is 0.916. The molecule has 0 aliphatic heterocycles. The average molecular weight is 173 g/mol. The van der Waals surface area contributed by atoms with Gasteiger partial charge < -0.3 is 4.74 Å². The van der Waals surface area contributed by atoms with Gasteiger partial charge in [0.15, 0.2) is 0 Å². The van der Waals surface area contributed by atoms with Crippen LogP contribution in [0.2, 0.25) is 0 Å². The summed E-state index contributed by atoms with van der Waals surface area (Å²) in [6.07, 6.45) is 2.62. The summed E-state index contributed by atoms with van der Waals surface area (Å²) >= 11 is 0. The monoisotopic (exact) mass is 173 g/mol. The topological polar surface area (TPSA) is 33.0 Å². The maximum atomic E-state index is 8.61. The average Bonchev–Trinajstić information content (AvgIpc) is 2.19. The molecule has 2 heteroatoms. The van der Waals surface area contributed by atoms with E-state index in [2.05, 4.69) is 12.6 Å². The van der Waals surface area contributed by atoms with E-state index in [1.807, 2.05) is 12.1 Å². The van der Waals surface area contributed by atoms with Gasteiger partial charge in [0.2, 0.25) is 0 Å². The van der Waals surface area contributed by atoms with E-state index < -0.39 is 0 Å². The van der Waals surface area contributed by atoms with Crippen molar-refractivity contribution in [3.8, 4) is 11.8 Å². The molecule has 1 aromatic rings. The zero-order valence-electron chi connectivity index (χ0n) is 7.36. The number of nitrogens with zero attached hydrogens (tertiary/aromatic N) is 1. The molecule has 0 radical (unpaired) electrons. The molecule has 0 bridgehead atoms. The molecule has 0 spiro atoms. The van der Waals surface area contributed by atoms with E-state index >= 15 is 0 Å². The Labute approximate surface area is 78.1 Å². The van der Waals surface area contributed by atoms with Crippen molar-refractivity contribution in [1.29, 1.82) is 5.26 Å². The molecule has 1 aromatic carbocycles. The Balaban J connectivity index is 2.57. The van der Waals surface area contributed by atoms with Gasteiger partial charge in [-0.15, -0.1) is 6.58 Å². The number of ether oxygens (including phenoxy) is 1. The zero-order chi connectivity index (χ0) is 9.52. The Kier molecular flexibility index (Phi) is 3.59. The highest BCUT2D eigenvalue weighted by Crippen LogP contribution is 2.12. The molecule has 2 nitrogen and oxygen atoms in total. The summed E-state index contributed by atoms with van der Waals surface area (Å²) in [5.74, 6) is 0.737. The van der Waals surface area contributed by atoms with E-state index in [4.69, 9.17) is 10.00 Å². The Morgan fingerprint density at radius 3 is 3.08 bits per heavy atom. The second-order valence-corrected chi connectivity index (χ2v) is 2.57. The van der Waals surface area contributed by atoms with E-state index in [1.165, 1.54) is 0 Å². The molecule has 0 saturated carbocycles. The Morgan fingerprint density at radius 2 is 2.38 bits per heavy atom. The van der Waals surface area contributed by atoms with Crippen LogP contribution in [0.4, 0.5) is 0 Å². The molecular formula is C11H11NO. The molecule has 1 rings (SSSR count). The van der Waals surface area contributed by atoms with Crippen LogP contribution in [0.3, 0.4) is 0 Å². The van der Waals surface area contributed by atoms with Gasteiger partial charge >= 0.3 is 0 Å². The number of nitriles is 1. The first kappa shape index (κ1) is 9.34. The van der Waals surface area contributed by atoms with Crippen LogP contribution in [-0.4, -0.2) is 6.61 Å². The smallest absolute Gasteiger partial charge is 0.120 e. The maximum Gasteiger partial charge on any atom is 0.120 e. The van der Waals surface area contributed by atoms with Crippen molar-refractivity contribution in [3.05, 3.63) is 42.5 Å². The van der Waals surface area contributed by atoms with Crippen LogP contribution >= 0.6 is 0 Å². The van der Waals surface area contributed by atoms with Gasteiger partial charge in [-0.25, -0.2) is 0 Å². The van der Waals surface area contributed by atoms with E-state index in [0.717, 1.165) is 12.2 Å². The maximum absolute atomic E-state index is 8.61. The van der Waals surface area contributed by atoms with E-state index in [-0.39, 0.29) is 0 Å². The third-order valence-electron chi connectivity index (χ3n) is 1.55.